The Hall–Kier alpha value is -0.160. The number of benzene rings is 1. The third-order valence-corrected chi connectivity index (χ3v) is 7.36. The Kier molecular flexibility index (Phi) is 6.45. The van der Waals surface area contributed by atoms with Crippen LogP contribution in [0.25, 0.3) is 0 Å². The van der Waals surface area contributed by atoms with Crippen LogP contribution in [0, 0.1) is 0 Å². The maximum atomic E-state index is 11.8. The highest BCUT2D eigenvalue weighted by molar-refractivity contribution is 9.27. The summed E-state index contributed by atoms with van der Waals surface area (Å²) in [5.74, 6) is 0.0360. The number of ether oxygens (including phenoxy) is 1. The van der Waals surface area contributed by atoms with Gasteiger partial charge in [-0.3, -0.25) is 4.55 Å². The van der Waals surface area contributed by atoms with Crippen LogP contribution < -0.4 is 4.74 Å². The lowest BCUT2D eigenvalue weighted by Gasteiger charge is -2.08. The van der Waals surface area contributed by atoms with Gasteiger partial charge >= 0.3 is 0 Å². The molecular formula is C10H12Br2O6S2. The van der Waals surface area contributed by atoms with Crippen molar-refractivity contribution in [2.75, 3.05) is 12.4 Å². The highest BCUT2D eigenvalue weighted by Crippen LogP contribution is 2.26. The maximum absolute atomic E-state index is 11.8. The standard InChI is InChI=1S/C10H12Br2O6S2/c11-10(12)20(16,17)9-4-2-8(3-5-9)18-6-1-7-19(13,14)15/h2-5,10H,1,6-7H2,(H,13,14,15). The molecule has 0 heterocycles. The SMILES string of the molecule is O=S(=O)(O)CCCOc1ccc(S(=O)(=O)C(Br)Br)cc1. The van der Waals surface area contributed by atoms with E-state index in [-0.39, 0.29) is 23.7 Å². The molecule has 0 saturated carbocycles. The average Bonchev–Trinajstić information content (AvgIpc) is 2.34. The van der Waals surface area contributed by atoms with Gasteiger partial charge in [-0.05, 0) is 30.7 Å². The monoisotopic (exact) mass is 450 g/mol. The molecule has 1 aromatic carbocycles. The smallest absolute Gasteiger partial charge is 0.264 e. The Balaban J connectivity index is 2.60. The maximum Gasteiger partial charge on any atom is 0.264 e. The molecule has 20 heavy (non-hydrogen) atoms. The average molecular weight is 452 g/mol. The number of halogens is 2. The Bertz CT molecular complexity index is 637. The molecule has 10 heteroatoms. The second kappa shape index (κ2) is 7.21. The van der Waals surface area contributed by atoms with E-state index in [4.69, 9.17) is 9.29 Å². The van der Waals surface area contributed by atoms with Crippen molar-refractivity contribution >= 4 is 51.8 Å². The summed E-state index contributed by atoms with van der Waals surface area (Å²) in [6.45, 7) is 0.103. The molecule has 114 valence electrons. The van der Waals surface area contributed by atoms with Crippen molar-refractivity contribution in [1.29, 1.82) is 0 Å². The van der Waals surface area contributed by atoms with Crippen LogP contribution in [0.15, 0.2) is 29.2 Å². The zero-order valence-corrected chi connectivity index (χ0v) is 14.9. The van der Waals surface area contributed by atoms with Gasteiger partial charge in [0.25, 0.3) is 10.1 Å². The predicted molar refractivity (Wildman–Crippen MR) is 81.8 cm³/mol. The molecule has 0 aliphatic rings. The lowest BCUT2D eigenvalue weighted by atomic mass is 10.3. The molecule has 0 spiro atoms. The minimum absolute atomic E-state index is 0.103. The van der Waals surface area contributed by atoms with Crippen molar-refractivity contribution in [3.05, 3.63) is 24.3 Å². The Morgan fingerprint density at radius 2 is 1.65 bits per heavy atom. The van der Waals surface area contributed by atoms with Gasteiger partial charge in [-0.15, -0.1) is 0 Å². The van der Waals surface area contributed by atoms with Crippen molar-refractivity contribution in [1.82, 2.24) is 0 Å². The van der Waals surface area contributed by atoms with Crippen LogP contribution >= 0.6 is 31.9 Å². The molecule has 6 nitrogen and oxygen atoms in total. The molecule has 1 aromatic rings. The van der Waals surface area contributed by atoms with E-state index in [1.807, 2.05) is 0 Å². The first-order valence-electron chi connectivity index (χ1n) is 5.33. The van der Waals surface area contributed by atoms with Crippen LogP contribution in [0.1, 0.15) is 6.42 Å². The first kappa shape index (κ1) is 17.9. The van der Waals surface area contributed by atoms with Crippen molar-refractivity contribution in [2.24, 2.45) is 0 Å². The number of sulfone groups is 1. The summed E-state index contributed by atoms with van der Waals surface area (Å²) in [5.41, 5.74) is 0. The van der Waals surface area contributed by atoms with Gasteiger partial charge in [0.2, 0.25) is 9.84 Å². The van der Waals surface area contributed by atoms with E-state index in [9.17, 15) is 16.8 Å². The molecule has 0 saturated heterocycles. The summed E-state index contributed by atoms with van der Waals surface area (Å²) >= 11 is 5.88. The van der Waals surface area contributed by atoms with Crippen LogP contribution in [0.3, 0.4) is 0 Å². The van der Waals surface area contributed by atoms with Crippen LogP contribution in [-0.2, 0) is 20.0 Å². The third-order valence-electron chi connectivity index (χ3n) is 2.20. The molecule has 0 aliphatic carbocycles. The van der Waals surface area contributed by atoms with Gasteiger partial charge in [-0.2, -0.15) is 8.42 Å². The number of hydrogen-bond donors (Lipinski definition) is 1. The summed E-state index contributed by atoms with van der Waals surface area (Å²) in [7, 11) is -7.46. The minimum atomic E-state index is -3.98. The first-order valence-corrected chi connectivity index (χ1v) is 10.3. The topological polar surface area (TPSA) is 97.7 Å². The van der Waals surface area contributed by atoms with E-state index in [0.29, 0.717) is 5.75 Å². The molecule has 0 aliphatic heterocycles. The van der Waals surface area contributed by atoms with Gasteiger partial charge in [0.1, 0.15) is 5.75 Å². The molecule has 1 N–H and O–H groups in total. The first-order chi connectivity index (χ1) is 9.13. The summed E-state index contributed by atoms with van der Waals surface area (Å²) in [6, 6.07) is 5.73. The Labute approximate surface area is 134 Å². The molecular weight excluding hydrogens is 440 g/mol. The van der Waals surface area contributed by atoms with Crippen LogP contribution in [0.5, 0.6) is 5.75 Å². The summed E-state index contributed by atoms with van der Waals surface area (Å²) in [5, 5.41) is 0. The van der Waals surface area contributed by atoms with Crippen molar-refractivity contribution < 1.29 is 26.1 Å². The molecule has 0 bridgehead atoms. The molecule has 0 aromatic heterocycles. The molecule has 0 radical (unpaired) electrons. The quantitative estimate of drug-likeness (QED) is 0.387. The normalized spacial score (nSPS) is 12.6. The van der Waals surface area contributed by atoms with Gasteiger partial charge in [-0.1, -0.05) is 31.9 Å². The predicted octanol–water partition coefficient (Wildman–Crippen LogP) is 2.19. The molecule has 0 fully saturated rings. The molecule has 0 unspecified atom stereocenters. The fourth-order valence-corrected chi connectivity index (χ4v) is 3.76. The number of alkyl halides is 2. The van der Waals surface area contributed by atoms with E-state index in [1.54, 1.807) is 0 Å². The zero-order valence-electron chi connectivity index (χ0n) is 10.1. The highest BCUT2D eigenvalue weighted by atomic mass is 79.9. The van der Waals surface area contributed by atoms with E-state index < -0.39 is 23.0 Å². The van der Waals surface area contributed by atoms with Crippen molar-refractivity contribution in [3.63, 3.8) is 0 Å². The van der Waals surface area contributed by atoms with Gasteiger partial charge in [-0.25, -0.2) is 8.42 Å². The van der Waals surface area contributed by atoms with Crippen molar-refractivity contribution in [3.8, 4) is 5.75 Å². The van der Waals surface area contributed by atoms with Crippen LogP contribution in [0.4, 0.5) is 0 Å². The fourth-order valence-electron chi connectivity index (χ4n) is 1.26. The van der Waals surface area contributed by atoms with Gasteiger partial charge in [0, 0.05) is 0 Å². The Morgan fingerprint density at radius 1 is 1.10 bits per heavy atom. The molecule has 0 amide bonds. The second-order valence-electron chi connectivity index (χ2n) is 3.77. The van der Waals surface area contributed by atoms with Gasteiger partial charge < -0.3 is 4.74 Å². The lowest BCUT2D eigenvalue weighted by molar-refractivity contribution is 0.316. The summed E-state index contributed by atoms with van der Waals surface area (Å²) in [4.78, 5) is 0.126. The Morgan fingerprint density at radius 3 is 2.10 bits per heavy atom. The highest BCUT2D eigenvalue weighted by Gasteiger charge is 2.21. The minimum Gasteiger partial charge on any atom is -0.494 e. The summed E-state index contributed by atoms with van der Waals surface area (Å²) < 4.78 is 57.4. The summed E-state index contributed by atoms with van der Waals surface area (Å²) in [6.07, 6.45) is 0.143. The van der Waals surface area contributed by atoms with Gasteiger partial charge in [0.15, 0.2) is 3.07 Å². The number of hydrogen-bond acceptors (Lipinski definition) is 5. The van der Waals surface area contributed by atoms with Gasteiger partial charge in [0.05, 0.1) is 17.3 Å². The number of rotatable bonds is 7. The van der Waals surface area contributed by atoms with Crippen molar-refractivity contribution in [2.45, 2.75) is 14.4 Å². The van der Waals surface area contributed by atoms with E-state index in [0.717, 1.165) is 0 Å². The van der Waals surface area contributed by atoms with E-state index in [1.165, 1.54) is 24.3 Å². The molecule has 0 atom stereocenters. The second-order valence-corrected chi connectivity index (χ2v) is 11.6. The lowest BCUT2D eigenvalue weighted by Crippen LogP contribution is -2.09. The zero-order chi connectivity index (χ0) is 15.4. The third kappa shape index (κ3) is 5.68. The van der Waals surface area contributed by atoms with Crippen LogP contribution in [0.2, 0.25) is 0 Å². The largest absolute Gasteiger partial charge is 0.494 e. The van der Waals surface area contributed by atoms with E-state index >= 15 is 0 Å². The molecule has 1 rings (SSSR count). The van der Waals surface area contributed by atoms with Crippen LogP contribution in [-0.4, -0.2) is 36.8 Å². The fraction of sp³-hybridized carbons (Fsp3) is 0.400. The van der Waals surface area contributed by atoms with E-state index in [2.05, 4.69) is 31.9 Å².